The minimum absolute atomic E-state index is 0.153. The largest absolute Gasteiger partial charge is 0.337 e. The summed E-state index contributed by atoms with van der Waals surface area (Å²) in [7, 11) is 0. The Morgan fingerprint density at radius 3 is 2.81 bits per heavy atom. The first-order chi connectivity index (χ1) is 12.7. The Bertz CT molecular complexity index is 929. The van der Waals surface area contributed by atoms with Crippen molar-refractivity contribution in [2.24, 2.45) is 0 Å². The SMILES string of the molecule is Cc1ncsc1CN1C[C@@H]2[C@@H](C1)n1cccc1C(=O)N2Cc1cccs1. The van der Waals surface area contributed by atoms with Crippen molar-refractivity contribution in [2.75, 3.05) is 13.1 Å². The fourth-order valence-corrected chi connectivity index (χ4v) is 5.68. The molecular formula is C19H20N4OS2. The lowest BCUT2D eigenvalue weighted by Crippen LogP contribution is -2.49. The van der Waals surface area contributed by atoms with Crippen LogP contribution >= 0.6 is 22.7 Å². The average molecular weight is 385 g/mol. The molecule has 2 aliphatic rings. The molecule has 0 saturated carbocycles. The van der Waals surface area contributed by atoms with Crippen molar-refractivity contribution in [1.29, 1.82) is 0 Å². The molecule has 2 atom stereocenters. The van der Waals surface area contributed by atoms with Gasteiger partial charge in [0.2, 0.25) is 0 Å². The lowest BCUT2D eigenvalue weighted by molar-refractivity contribution is 0.0559. The number of hydrogen-bond donors (Lipinski definition) is 0. The van der Waals surface area contributed by atoms with Gasteiger partial charge >= 0.3 is 0 Å². The lowest BCUT2D eigenvalue weighted by Gasteiger charge is -2.38. The Balaban J connectivity index is 1.45. The van der Waals surface area contributed by atoms with Crippen LogP contribution in [0.25, 0.3) is 0 Å². The van der Waals surface area contributed by atoms with Crippen LogP contribution in [-0.4, -0.2) is 44.4 Å². The molecule has 134 valence electrons. The normalized spacial score (nSPS) is 22.7. The van der Waals surface area contributed by atoms with Crippen molar-refractivity contribution in [2.45, 2.75) is 32.1 Å². The molecule has 0 spiro atoms. The predicted molar refractivity (Wildman–Crippen MR) is 104 cm³/mol. The van der Waals surface area contributed by atoms with Crippen LogP contribution in [0.15, 0.2) is 41.4 Å². The van der Waals surface area contributed by atoms with Gasteiger partial charge in [0.05, 0.1) is 29.8 Å². The highest BCUT2D eigenvalue weighted by Crippen LogP contribution is 2.36. The Kier molecular flexibility index (Phi) is 3.95. The van der Waals surface area contributed by atoms with Crippen LogP contribution in [0.2, 0.25) is 0 Å². The summed E-state index contributed by atoms with van der Waals surface area (Å²) < 4.78 is 2.19. The summed E-state index contributed by atoms with van der Waals surface area (Å²) in [4.78, 5) is 24.6. The summed E-state index contributed by atoms with van der Waals surface area (Å²) in [6.45, 7) is 5.58. The number of aromatic nitrogens is 2. The van der Waals surface area contributed by atoms with Gasteiger partial charge in [-0.25, -0.2) is 4.98 Å². The van der Waals surface area contributed by atoms with E-state index in [1.807, 2.05) is 17.6 Å². The first-order valence-corrected chi connectivity index (χ1v) is 10.6. The molecule has 0 unspecified atom stereocenters. The van der Waals surface area contributed by atoms with E-state index in [9.17, 15) is 4.79 Å². The van der Waals surface area contributed by atoms with Gasteiger partial charge in [0.1, 0.15) is 5.69 Å². The number of thiazole rings is 1. The molecule has 26 heavy (non-hydrogen) atoms. The van der Waals surface area contributed by atoms with Crippen molar-refractivity contribution in [3.8, 4) is 0 Å². The van der Waals surface area contributed by atoms with Crippen LogP contribution in [0.4, 0.5) is 0 Å². The average Bonchev–Trinajstić information content (AvgIpc) is 3.40. The Hall–Kier alpha value is -1.96. The fraction of sp³-hybridized carbons (Fsp3) is 0.368. The second-order valence-electron chi connectivity index (χ2n) is 7.00. The maximum absolute atomic E-state index is 13.1. The summed E-state index contributed by atoms with van der Waals surface area (Å²) in [5, 5.41) is 2.08. The quantitative estimate of drug-likeness (QED) is 0.692. The van der Waals surface area contributed by atoms with Crippen molar-refractivity contribution < 1.29 is 4.79 Å². The zero-order valence-corrected chi connectivity index (χ0v) is 16.2. The molecule has 5 nitrogen and oxygen atoms in total. The summed E-state index contributed by atoms with van der Waals surface area (Å²) in [5.74, 6) is 0.153. The predicted octanol–water partition coefficient (Wildman–Crippen LogP) is 3.40. The van der Waals surface area contributed by atoms with Gasteiger partial charge in [-0.15, -0.1) is 22.7 Å². The van der Waals surface area contributed by atoms with Gasteiger partial charge < -0.3 is 9.47 Å². The standard InChI is InChI=1S/C19H20N4OS2/c1-13-18(26-12-20-13)11-21-9-16-17(10-21)23(8-14-4-3-7-25-14)19(24)15-5-2-6-22(15)16/h2-7,12,16-17H,8-11H2,1H3/t16-,17-/m1/s1. The molecule has 3 aromatic rings. The summed E-state index contributed by atoms with van der Waals surface area (Å²) in [6, 6.07) is 8.67. The lowest BCUT2D eigenvalue weighted by atomic mass is 10.1. The monoisotopic (exact) mass is 384 g/mol. The van der Waals surface area contributed by atoms with Gasteiger partial charge in [0.15, 0.2) is 0 Å². The molecule has 5 rings (SSSR count). The maximum Gasteiger partial charge on any atom is 0.271 e. The van der Waals surface area contributed by atoms with E-state index in [2.05, 4.69) is 50.0 Å². The number of carbonyl (C=O) groups excluding carboxylic acids is 1. The van der Waals surface area contributed by atoms with Gasteiger partial charge in [-0.1, -0.05) is 6.07 Å². The Labute approximate surface area is 160 Å². The number of amides is 1. The van der Waals surface area contributed by atoms with Gasteiger partial charge in [-0.2, -0.15) is 0 Å². The van der Waals surface area contributed by atoms with E-state index in [0.717, 1.165) is 31.0 Å². The van der Waals surface area contributed by atoms with E-state index >= 15 is 0 Å². The molecule has 0 N–H and O–H groups in total. The van der Waals surface area contributed by atoms with Crippen LogP contribution in [0.1, 0.15) is 32.0 Å². The van der Waals surface area contributed by atoms with Crippen LogP contribution in [0, 0.1) is 6.92 Å². The zero-order valence-electron chi connectivity index (χ0n) is 14.5. The molecule has 0 aromatic carbocycles. The smallest absolute Gasteiger partial charge is 0.271 e. The minimum Gasteiger partial charge on any atom is -0.337 e. The van der Waals surface area contributed by atoms with E-state index in [1.165, 1.54) is 9.75 Å². The van der Waals surface area contributed by atoms with Gasteiger partial charge in [-0.3, -0.25) is 9.69 Å². The number of nitrogens with zero attached hydrogens (tertiary/aromatic N) is 4. The number of thiophene rings is 1. The fourth-order valence-electron chi connectivity index (χ4n) is 4.16. The van der Waals surface area contributed by atoms with Gasteiger partial charge in [-0.05, 0) is 30.5 Å². The van der Waals surface area contributed by atoms with Gasteiger partial charge in [0.25, 0.3) is 5.91 Å². The van der Waals surface area contributed by atoms with Crippen LogP contribution in [0.5, 0.6) is 0 Å². The topological polar surface area (TPSA) is 41.4 Å². The number of fused-ring (bicyclic) bond motifs is 3. The first kappa shape index (κ1) is 16.2. The third-order valence-electron chi connectivity index (χ3n) is 5.47. The van der Waals surface area contributed by atoms with E-state index in [0.29, 0.717) is 12.6 Å². The molecule has 7 heteroatoms. The molecule has 5 heterocycles. The molecule has 0 aliphatic carbocycles. The summed E-state index contributed by atoms with van der Waals surface area (Å²) in [6.07, 6.45) is 2.06. The summed E-state index contributed by atoms with van der Waals surface area (Å²) >= 11 is 3.45. The second-order valence-corrected chi connectivity index (χ2v) is 8.97. The van der Waals surface area contributed by atoms with Crippen molar-refractivity contribution in [3.63, 3.8) is 0 Å². The van der Waals surface area contributed by atoms with Crippen molar-refractivity contribution in [1.82, 2.24) is 19.4 Å². The van der Waals surface area contributed by atoms with Crippen molar-refractivity contribution in [3.05, 3.63) is 62.5 Å². The molecule has 0 radical (unpaired) electrons. The maximum atomic E-state index is 13.1. The highest BCUT2D eigenvalue weighted by Gasteiger charge is 2.45. The van der Waals surface area contributed by atoms with E-state index in [-0.39, 0.29) is 11.9 Å². The van der Waals surface area contributed by atoms with Crippen LogP contribution in [0.3, 0.4) is 0 Å². The third-order valence-corrected chi connectivity index (χ3v) is 7.25. The molecule has 2 aliphatic heterocycles. The van der Waals surface area contributed by atoms with E-state index < -0.39 is 0 Å². The number of aryl methyl sites for hydroxylation is 1. The molecule has 0 bridgehead atoms. The number of hydrogen-bond acceptors (Lipinski definition) is 5. The van der Waals surface area contributed by atoms with Gasteiger partial charge in [0, 0.05) is 35.6 Å². The number of carbonyl (C=O) groups is 1. The number of rotatable bonds is 4. The van der Waals surface area contributed by atoms with E-state index in [1.54, 1.807) is 22.7 Å². The molecule has 1 saturated heterocycles. The Morgan fingerprint density at radius 2 is 2.04 bits per heavy atom. The van der Waals surface area contributed by atoms with E-state index in [4.69, 9.17) is 0 Å². The van der Waals surface area contributed by atoms with Crippen LogP contribution < -0.4 is 0 Å². The van der Waals surface area contributed by atoms with Crippen LogP contribution in [-0.2, 0) is 13.1 Å². The zero-order chi connectivity index (χ0) is 17.7. The molecular weight excluding hydrogens is 364 g/mol. The highest BCUT2D eigenvalue weighted by molar-refractivity contribution is 7.10. The second kappa shape index (κ2) is 6.33. The summed E-state index contributed by atoms with van der Waals surface area (Å²) in [5.41, 5.74) is 3.86. The first-order valence-electron chi connectivity index (χ1n) is 8.82. The third kappa shape index (κ3) is 2.62. The minimum atomic E-state index is 0.153. The number of likely N-dealkylation sites (tertiary alicyclic amines) is 1. The molecule has 1 amide bonds. The molecule has 3 aromatic heterocycles. The highest BCUT2D eigenvalue weighted by atomic mass is 32.1. The Morgan fingerprint density at radius 1 is 1.15 bits per heavy atom. The molecule has 1 fully saturated rings. The van der Waals surface area contributed by atoms with Crippen molar-refractivity contribution >= 4 is 28.6 Å².